The molecule has 0 aromatic carbocycles. The molecule has 0 saturated heterocycles. The second-order valence-corrected chi connectivity index (χ2v) is 5.03. The van der Waals surface area contributed by atoms with Crippen molar-refractivity contribution in [1.82, 2.24) is 15.6 Å². The van der Waals surface area contributed by atoms with Crippen LogP contribution in [0.15, 0.2) is 23.3 Å². The Labute approximate surface area is 120 Å². The third-order valence-corrected chi connectivity index (χ3v) is 3.47. The number of pyridine rings is 1. The average molecular weight is 276 g/mol. The summed E-state index contributed by atoms with van der Waals surface area (Å²) in [5.74, 6) is 1.53. The molecule has 0 bridgehead atoms. The molecule has 2 rings (SSSR count). The Morgan fingerprint density at radius 3 is 2.80 bits per heavy atom. The molecule has 0 amide bonds. The Morgan fingerprint density at radius 2 is 2.20 bits per heavy atom. The van der Waals surface area contributed by atoms with Crippen LogP contribution in [0.4, 0.5) is 0 Å². The number of hydrogen-bond acceptors (Lipinski definition) is 3. The lowest BCUT2D eigenvalue weighted by atomic mass is 10.2. The monoisotopic (exact) mass is 276 g/mol. The normalized spacial score (nSPS) is 16.2. The lowest BCUT2D eigenvalue weighted by molar-refractivity contribution is 0.397. The predicted molar refractivity (Wildman–Crippen MR) is 81.0 cm³/mol. The molecule has 2 N–H and O–H groups in total. The van der Waals surface area contributed by atoms with Crippen LogP contribution in [0.1, 0.15) is 38.2 Å². The largest absolute Gasteiger partial charge is 0.481 e. The molecule has 5 nitrogen and oxygen atoms in total. The van der Waals surface area contributed by atoms with Gasteiger partial charge in [-0.05, 0) is 25.3 Å². The van der Waals surface area contributed by atoms with Crippen LogP contribution in [-0.4, -0.2) is 30.6 Å². The van der Waals surface area contributed by atoms with Gasteiger partial charge < -0.3 is 15.4 Å². The molecular weight excluding hydrogens is 252 g/mol. The minimum Gasteiger partial charge on any atom is -0.481 e. The Balaban J connectivity index is 1.92. The zero-order valence-electron chi connectivity index (χ0n) is 12.4. The summed E-state index contributed by atoms with van der Waals surface area (Å²) in [6, 6.07) is 4.43. The summed E-state index contributed by atoms with van der Waals surface area (Å²) < 4.78 is 5.05. The van der Waals surface area contributed by atoms with E-state index < -0.39 is 0 Å². The fourth-order valence-electron chi connectivity index (χ4n) is 2.38. The van der Waals surface area contributed by atoms with Crippen molar-refractivity contribution in [2.75, 3.05) is 13.7 Å². The maximum atomic E-state index is 5.05. The number of guanidine groups is 1. The van der Waals surface area contributed by atoms with E-state index in [1.807, 2.05) is 18.3 Å². The van der Waals surface area contributed by atoms with Gasteiger partial charge in [-0.25, -0.2) is 9.98 Å². The molecule has 1 aliphatic carbocycles. The first-order chi connectivity index (χ1) is 9.81. The summed E-state index contributed by atoms with van der Waals surface area (Å²) in [4.78, 5) is 8.81. The number of nitrogens with zero attached hydrogens (tertiary/aromatic N) is 2. The molecule has 110 valence electrons. The van der Waals surface area contributed by atoms with E-state index in [-0.39, 0.29) is 0 Å². The van der Waals surface area contributed by atoms with Gasteiger partial charge in [0.05, 0.1) is 13.7 Å². The summed E-state index contributed by atoms with van der Waals surface area (Å²) >= 11 is 0. The van der Waals surface area contributed by atoms with Gasteiger partial charge in [-0.15, -0.1) is 0 Å². The van der Waals surface area contributed by atoms with E-state index in [0.717, 1.165) is 18.1 Å². The second-order valence-electron chi connectivity index (χ2n) is 5.03. The van der Waals surface area contributed by atoms with Crippen LogP contribution in [0.25, 0.3) is 0 Å². The summed E-state index contributed by atoms with van der Waals surface area (Å²) in [5.41, 5.74) is 1.08. The molecule has 0 unspecified atom stereocenters. The standard InChI is InChI=1S/C15H24N4O/c1-3-16-15(19-13-6-4-5-7-13)18-11-12-8-9-14(20-2)17-10-12/h8-10,13H,3-7,11H2,1-2H3,(H2,16,18,19). The van der Waals surface area contributed by atoms with Crippen LogP contribution < -0.4 is 15.4 Å². The van der Waals surface area contributed by atoms with Crippen molar-refractivity contribution < 1.29 is 4.74 Å². The molecule has 0 atom stereocenters. The molecule has 1 saturated carbocycles. The number of nitrogens with one attached hydrogen (secondary N) is 2. The fraction of sp³-hybridized carbons (Fsp3) is 0.600. The van der Waals surface area contributed by atoms with Gasteiger partial charge in [0.1, 0.15) is 0 Å². The first-order valence-corrected chi connectivity index (χ1v) is 7.35. The molecule has 0 radical (unpaired) electrons. The van der Waals surface area contributed by atoms with Gasteiger partial charge in [-0.3, -0.25) is 0 Å². The smallest absolute Gasteiger partial charge is 0.212 e. The van der Waals surface area contributed by atoms with Crippen molar-refractivity contribution in [2.45, 2.75) is 45.2 Å². The molecule has 1 fully saturated rings. The van der Waals surface area contributed by atoms with E-state index in [9.17, 15) is 0 Å². The Bertz CT molecular complexity index is 424. The fourth-order valence-corrected chi connectivity index (χ4v) is 2.38. The molecule has 1 aromatic heterocycles. The first kappa shape index (κ1) is 14.6. The summed E-state index contributed by atoms with van der Waals surface area (Å²) in [6.45, 7) is 3.58. The van der Waals surface area contributed by atoms with Gasteiger partial charge in [0, 0.05) is 24.8 Å². The zero-order chi connectivity index (χ0) is 14.2. The van der Waals surface area contributed by atoms with Crippen molar-refractivity contribution in [3.05, 3.63) is 23.9 Å². The third-order valence-electron chi connectivity index (χ3n) is 3.47. The molecule has 20 heavy (non-hydrogen) atoms. The minimum atomic E-state index is 0.571. The molecular formula is C15H24N4O. The van der Waals surface area contributed by atoms with Crippen LogP contribution in [0.2, 0.25) is 0 Å². The highest BCUT2D eigenvalue weighted by atomic mass is 16.5. The number of aliphatic imine (C=N–C) groups is 1. The van der Waals surface area contributed by atoms with E-state index in [1.165, 1.54) is 25.7 Å². The highest BCUT2D eigenvalue weighted by Crippen LogP contribution is 2.17. The van der Waals surface area contributed by atoms with Crippen LogP contribution in [0.3, 0.4) is 0 Å². The third kappa shape index (κ3) is 4.40. The van der Waals surface area contributed by atoms with Gasteiger partial charge in [-0.2, -0.15) is 0 Å². The number of methoxy groups -OCH3 is 1. The SMILES string of the molecule is CCNC(=NCc1ccc(OC)nc1)NC1CCCC1. The Hall–Kier alpha value is -1.78. The summed E-state index contributed by atoms with van der Waals surface area (Å²) in [5, 5.41) is 6.80. The Kier molecular flexibility index (Phi) is 5.65. The minimum absolute atomic E-state index is 0.571. The number of aromatic nitrogens is 1. The number of hydrogen-bond donors (Lipinski definition) is 2. The molecule has 1 aromatic rings. The van der Waals surface area contributed by atoms with Crippen molar-refractivity contribution >= 4 is 5.96 Å². The highest BCUT2D eigenvalue weighted by Gasteiger charge is 2.15. The van der Waals surface area contributed by atoms with Crippen LogP contribution in [0.5, 0.6) is 5.88 Å². The van der Waals surface area contributed by atoms with Crippen molar-refractivity contribution in [2.24, 2.45) is 4.99 Å². The van der Waals surface area contributed by atoms with Gasteiger partial charge >= 0.3 is 0 Å². The predicted octanol–water partition coefficient (Wildman–Crippen LogP) is 2.09. The maximum absolute atomic E-state index is 5.05. The first-order valence-electron chi connectivity index (χ1n) is 7.35. The van der Waals surface area contributed by atoms with E-state index >= 15 is 0 Å². The van der Waals surface area contributed by atoms with Gasteiger partial charge in [0.15, 0.2) is 5.96 Å². The van der Waals surface area contributed by atoms with Crippen molar-refractivity contribution in [3.8, 4) is 5.88 Å². The number of rotatable bonds is 5. The van der Waals surface area contributed by atoms with Gasteiger partial charge in [-0.1, -0.05) is 18.9 Å². The highest BCUT2D eigenvalue weighted by molar-refractivity contribution is 5.80. The van der Waals surface area contributed by atoms with Crippen molar-refractivity contribution in [3.63, 3.8) is 0 Å². The van der Waals surface area contributed by atoms with E-state index in [4.69, 9.17) is 4.74 Å². The average Bonchev–Trinajstić information content (AvgIpc) is 2.98. The lowest BCUT2D eigenvalue weighted by Crippen LogP contribution is -2.42. The summed E-state index contributed by atoms with van der Waals surface area (Å²) in [7, 11) is 1.62. The van der Waals surface area contributed by atoms with Crippen molar-refractivity contribution in [1.29, 1.82) is 0 Å². The molecule has 0 spiro atoms. The molecule has 5 heteroatoms. The van der Waals surface area contributed by atoms with E-state index in [1.54, 1.807) is 7.11 Å². The molecule has 1 heterocycles. The maximum Gasteiger partial charge on any atom is 0.212 e. The van der Waals surface area contributed by atoms with Gasteiger partial charge in [0.25, 0.3) is 0 Å². The second kappa shape index (κ2) is 7.72. The zero-order valence-corrected chi connectivity index (χ0v) is 12.4. The quantitative estimate of drug-likeness (QED) is 0.638. The summed E-state index contributed by atoms with van der Waals surface area (Å²) in [6.07, 6.45) is 6.93. The Morgan fingerprint density at radius 1 is 1.40 bits per heavy atom. The van der Waals surface area contributed by atoms with Crippen LogP contribution in [0, 0.1) is 0 Å². The molecule has 1 aliphatic rings. The lowest BCUT2D eigenvalue weighted by Gasteiger charge is -2.16. The van der Waals surface area contributed by atoms with E-state index in [2.05, 4.69) is 27.5 Å². The van der Waals surface area contributed by atoms with Gasteiger partial charge in [0.2, 0.25) is 5.88 Å². The topological polar surface area (TPSA) is 58.5 Å². The number of ether oxygens (including phenoxy) is 1. The van der Waals surface area contributed by atoms with E-state index in [0.29, 0.717) is 18.5 Å². The van der Waals surface area contributed by atoms with Crippen LogP contribution >= 0.6 is 0 Å². The van der Waals surface area contributed by atoms with Crippen LogP contribution in [-0.2, 0) is 6.54 Å². The molecule has 0 aliphatic heterocycles.